The summed E-state index contributed by atoms with van der Waals surface area (Å²) in [6.07, 6.45) is 0. The molecule has 0 saturated heterocycles. The average molecular weight is 455 g/mol. The van der Waals surface area contributed by atoms with Crippen LogP contribution in [0.5, 0.6) is 0 Å². The van der Waals surface area contributed by atoms with E-state index in [9.17, 15) is 13.2 Å². The molecule has 31 heavy (non-hydrogen) atoms. The van der Waals surface area contributed by atoms with Gasteiger partial charge in [-0.1, -0.05) is 60.7 Å². The molecule has 0 heterocycles. The van der Waals surface area contributed by atoms with Crippen molar-refractivity contribution in [2.45, 2.75) is 28.0 Å². The van der Waals surface area contributed by atoms with Crippen molar-refractivity contribution in [3.63, 3.8) is 0 Å². The lowest BCUT2D eigenvalue weighted by molar-refractivity contribution is -0.121. The van der Waals surface area contributed by atoms with Crippen LogP contribution in [0.25, 0.3) is 0 Å². The maximum Gasteiger partial charge on any atom is 0.242 e. The van der Waals surface area contributed by atoms with E-state index in [0.717, 1.165) is 16.0 Å². The quantitative estimate of drug-likeness (QED) is 0.503. The smallest absolute Gasteiger partial charge is 0.242 e. The number of amides is 1. The molecule has 0 aliphatic rings. The highest BCUT2D eigenvalue weighted by Crippen LogP contribution is 2.35. The molecule has 0 bridgehead atoms. The number of nitrogens with one attached hydrogen (secondary N) is 1. The number of benzene rings is 3. The van der Waals surface area contributed by atoms with E-state index in [2.05, 4.69) is 5.32 Å². The predicted octanol–water partition coefficient (Wildman–Crippen LogP) is 4.65. The van der Waals surface area contributed by atoms with Crippen LogP contribution in [0.15, 0.2) is 94.7 Å². The van der Waals surface area contributed by atoms with Crippen molar-refractivity contribution in [2.24, 2.45) is 0 Å². The minimum atomic E-state index is -3.48. The van der Waals surface area contributed by atoms with Crippen LogP contribution in [-0.2, 0) is 14.8 Å². The molecule has 0 aliphatic heterocycles. The van der Waals surface area contributed by atoms with Gasteiger partial charge in [0, 0.05) is 19.0 Å². The molecule has 162 valence electrons. The van der Waals surface area contributed by atoms with Gasteiger partial charge in [0.2, 0.25) is 15.9 Å². The Kier molecular flexibility index (Phi) is 7.54. The molecule has 0 saturated carbocycles. The zero-order chi connectivity index (χ0) is 22.4. The molecule has 3 rings (SSSR count). The first kappa shape index (κ1) is 23.1. The topological polar surface area (TPSA) is 66.5 Å². The second-order valence-electron chi connectivity index (χ2n) is 7.31. The molecule has 0 aliphatic carbocycles. The van der Waals surface area contributed by atoms with Gasteiger partial charge in [-0.25, -0.2) is 12.7 Å². The highest BCUT2D eigenvalue weighted by atomic mass is 32.2. The minimum Gasteiger partial charge on any atom is -0.348 e. The normalized spacial score (nSPS) is 13.5. The summed E-state index contributed by atoms with van der Waals surface area (Å²) in [4.78, 5) is 14.4. The molecule has 0 aromatic heterocycles. The molecule has 0 radical (unpaired) electrons. The van der Waals surface area contributed by atoms with Gasteiger partial charge in [-0.15, -0.1) is 11.8 Å². The predicted molar refractivity (Wildman–Crippen MR) is 125 cm³/mol. The fourth-order valence-electron chi connectivity index (χ4n) is 3.05. The van der Waals surface area contributed by atoms with Crippen molar-refractivity contribution >= 4 is 27.7 Å². The first-order valence-corrected chi connectivity index (χ1v) is 12.2. The number of sulfonamides is 1. The Morgan fingerprint density at radius 1 is 0.839 bits per heavy atom. The summed E-state index contributed by atoms with van der Waals surface area (Å²) in [6.45, 7) is 1.89. The van der Waals surface area contributed by atoms with E-state index in [0.29, 0.717) is 0 Å². The van der Waals surface area contributed by atoms with E-state index in [4.69, 9.17) is 0 Å². The molecule has 0 fully saturated rings. The Morgan fingerprint density at radius 3 is 1.94 bits per heavy atom. The zero-order valence-electron chi connectivity index (χ0n) is 17.7. The molecule has 2 unspecified atom stereocenters. The summed E-state index contributed by atoms with van der Waals surface area (Å²) in [6, 6.07) is 25.9. The molecule has 7 heteroatoms. The van der Waals surface area contributed by atoms with Gasteiger partial charge in [0.15, 0.2) is 0 Å². The van der Waals surface area contributed by atoms with Crippen LogP contribution >= 0.6 is 11.8 Å². The summed E-state index contributed by atoms with van der Waals surface area (Å²) in [5.74, 6) is -0.0995. The average Bonchev–Trinajstić information content (AvgIpc) is 2.78. The van der Waals surface area contributed by atoms with Gasteiger partial charge in [-0.3, -0.25) is 4.79 Å². The maximum atomic E-state index is 13.2. The number of hydrogen-bond donors (Lipinski definition) is 1. The van der Waals surface area contributed by atoms with Gasteiger partial charge in [0.05, 0.1) is 10.9 Å². The first-order chi connectivity index (χ1) is 14.8. The van der Waals surface area contributed by atoms with Gasteiger partial charge >= 0.3 is 0 Å². The molecule has 1 N–H and O–H groups in total. The van der Waals surface area contributed by atoms with Gasteiger partial charge in [-0.2, -0.15) is 0 Å². The van der Waals surface area contributed by atoms with E-state index >= 15 is 0 Å². The molecule has 2 atom stereocenters. The Bertz CT molecular complexity index is 1100. The number of rotatable bonds is 8. The highest BCUT2D eigenvalue weighted by Gasteiger charge is 2.24. The van der Waals surface area contributed by atoms with Crippen molar-refractivity contribution < 1.29 is 13.2 Å². The summed E-state index contributed by atoms with van der Waals surface area (Å²) < 4.78 is 25.7. The summed E-state index contributed by atoms with van der Waals surface area (Å²) >= 11 is 1.50. The van der Waals surface area contributed by atoms with Gasteiger partial charge in [-0.05, 0) is 42.3 Å². The Balaban J connectivity index is 1.78. The molecule has 0 spiro atoms. The van der Waals surface area contributed by atoms with Crippen LogP contribution in [0.4, 0.5) is 0 Å². The van der Waals surface area contributed by atoms with Crippen molar-refractivity contribution in [2.75, 3.05) is 14.1 Å². The third-order valence-electron chi connectivity index (χ3n) is 4.86. The monoisotopic (exact) mass is 454 g/mol. The SMILES string of the molecule is CC(NC(=O)C(Sc1ccccc1)c1ccccc1)c1ccc(S(=O)(=O)N(C)C)cc1. The van der Waals surface area contributed by atoms with E-state index in [1.54, 1.807) is 24.3 Å². The van der Waals surface area contributed by atoms with Gasteiger partial charge < -0.3 is 5.32 Å². The second kappa shape index (κ2) is 10.1. The highest BCUT2D eigenvalue weighted by molar-refractivity contribution is 8.00. The van der Waals surface area contributed by atoms with Crippen LogP contribution < -0.4 is 5.32 Å². The number of nitrogens with zero attached hydrogens (tertiary/aromatic N) is 1. The lowest BCUT2D eigenvalue weighted by atomic mass is 10.1. The van der Waals surface area contributed by atoms with Gasteiger partial charge in [0.1, 0.15) is 5.25 Å². The molecular formula is C24H26N2O3S2. The summed E-state index contributed by atoms with van der Waals surface area (Å²) in [5.41, 5.74) is 1.76. The molecule has 3 aromatic carbocycles. The number of carbonyl (C=O) groups excluding carboxylic acids is 1. The lowest BCUT2D eigenvalue weighted by Gasteiger charge is -2.21. The third kappa shape index (κ3) is 5.76. The van der Waals surface area contributed by atoms with Crippen LogP contribution in [0, 0.1) is 0 Å². The van der Waals surface area contributed by atoms with Crippen LogP contribution in [0.3, 0.4) is 0 Å². The lowest BCUT2D eigenvalue weighted by Crippen LogP contribution is -2.30. The number of thioether (sulfide) groups is 1. The van der Waals surface area contributed by atoms with Crippen molar-refractivity contribution in [1.82, 2.24) is 9.62 Å². The number of carbonyl (C=O) groups is 1. The van der Waals surface area contributed by atoms with E-state index < -0.39 is 15.3 Å². The Labute approximate surface area is 188 Å². The first-order valence-electron chi connectivity index (χ1n) is 9.88. The Morgan fingerprint density at radius 2 is 1.39 bits per heavy atom. The maximum absolute atomic E-state index is 13.2. The van der Waals surface area contributed by atoms with Crippen LogP contribution in [0.2, 0.25) is 0 Å². The van der Waals surface area contributed by atoms with Crippen molar-refractivity contribution in [3.05, 3.63) is 96.1 Å². The van der Waals surface area contributed by atoms with Crippen molar-refractivity contribution in [1.29, 1.82) is 0 Å². The van der Waals surface area contributed by atoms with Crippen LogP contribution in [0.1, 0.15) is 29.3 Å². The van der Waals surface area contributed by atoms with Crippen LogP contribution in [-0.4, -0.2) is 32.7 Å². The number of hydrogen-bond acceptors (Lipinski definition) is 4. The summed E-state index contributed by atoms with van der Waals surface area (Å²) in [7, 11) is -0.483. The Hall–Kier alpha value is -2.61. The molecular weight excluding hydrogens is 428 g/mol. The zero-order valence-corrected chi connectivity index (χ0v) is 19.4. The molecule has 5 nitrogen and oxygen atoms in total. The fourth-order valence-corrected chi connectivity index (χ4v) is 5.00. The van der Waals surface area contributed by atoms with Crippen molar-refractivity contribution in [3.8, 4) is 0 Å². The van der Waals surface area contributed by atoms with Gasteiger partial charge in [0.25, 0.3) is 0 Å². The van der Waals surface area contributed by atoms with E-state index in [-0.39, 0.29) is 16.8 Å². The fraction of sp³-hybridized carbons (Fsp3) is 0.208. The molecule has 1 amide bonds. The van der Waals surface area contributed by atoms with E-state index in [1.807, 2.05) is 67.6 Å². The molecule has 3 aromatic rings. The summed E-state index contributed by atoms with van der Waals surface area (Å²) in [5, 5.41) is 2.67. The van der Waals surface area contributed by atoms with E-state index in [1.165, 1.54) is 30.2 Å². The largest absolute Gasteiger partial charge is 0.348 e. The minimum absolute atomic E-state index is 0.0995. The second-order valence-corrected chi connectivity index (χ2v) is 10.6. The third-order valence-corrected chi connectivity index (χ3v) is 7.95. The standard InChI is InChI=1S/C24H26N2O3S2/c1-18(19-14-16-22(17-15-19)31(28,29)26(2)3)25-24(27)23(20-10-6-4-7-11-20)30-21-12-8-5-9-13-21/h4-18,23H,1-3H3,(H,25,27).